The Morgan fingerprint density at radius 2 is 1.88 bits per heavy atom. The fourth-order valence-corrected chi connectivity index (χ4v) is 2.26. The zero-order valence-corrected chi connectivity index (χ0v) is 10.4. The van der Waals surface area contributed by atoms with Crippen LogP contribution in [0.3, 0.4) is 0 Å². The normalized spacial score (nSPS) is 13.2. The smallest absolute Gasteiger partial charge is 0.0833 e. The number of benzene rings is 1. The highest BCUT2D eigenvalue weighted by Gasteiger charge is 2.17. The molecule has 2 nitrogen and oxygen atoms in total. The highest BCUT2D eigenvalue weighted by molar-refractivity contribution is 5.78. The molecule has 2 aromatic rings. The third-order valence-corrected chi connectivity index (χ3v) is 3.45. The van der Waals surface area contributed by atoms with E-state index in [1.54, 1.807) is 6.20 Å². The van der Waals surface area contributed by atoms with E-state index in [1.807, 2.05) is 30.3 Å². The van der Waals surface area contributed by atoms with Crippen molar-refractivity contribution in [2.24, 2.45) is 5.92 Å². The van der Waals surface area contributed by atoms with Gasteiger partial charge in [-0.1, -0.05) is 44.9 Å². The number of nitrogens with zero attached hydrogens (tertiary/aromatic N) is 1. The third kappa shape index (κ3) is 2.47. The van der Waals surface area contributed by atoms with Crippen molar-refractivity contribution in [3.63, 3.8) is 0 Å². The SMILES string of the molecule is CCC(CC)C(O)c1cnc2ccccc2c1. The van der Waals surface area contributed by atoms with Crippen molar-refractivity contribution >= 4 is 10.9 Å². The van der Waals surface area contributed by atoms with E-state index < -0.39 is 6.10 Å². The van der Waals surface area contributed by atoms with Gasteiger partial charge in [0.1, 0.15) is 0 Å². The molecule has 90 valence electrons. The molecule has 0 spiro atoms. The van der Waals surface area contributed by atoms with Crippen LogP contribution in [0.4, 0.5) is 0 Å². The number of aliphatic hydroxyl groups is 1. The van der Waals surface area contributed by atoms with Gasteiger partial charge in [-0.2, -0.15) is 0 Å². The molecule has 17 heavy (non-hydrogen) atoms. The minimum absolute atomic E-state index is 0.318. The summed E-state index contributed by atoms with van der Waals surface area (Å²) in [5.41, 5.74) is 1.91. The second-order valence-electron chi connectivity index (χ2n) is 4.48. The summed E-state index contributed by atoms with van der Waals surface area (Å²) in [5.74, 6) is 0.318. The van der Waals surface area contributed by atoms with Gasteiger partial charge >= 0.3 is 0 Å². The van der Waals surface area contributed by atoms with Gasteiger partial charge in [0.25, 0.3) is 0 Å². The number of hydrogen-bond donors (Lipinski definition) is 1. The zero-order valence-electron chi connectivity index (χ0n) is 10.4. The summed E-state index contributed by atoms with van der Waals surface area (Å²) in [7, 11) is 0. The molecule has 0 saturated carbocycles. The predicted molar refractivity (Wildman–Crippen MR) is 70.8 cm³/mol. The average molecular weight is 229 g/mol. The first-order chi connectivity index (χ1) is 8.26. The first-order valence-corrected chi connectivity index (χ1v) is 6.29. The topological polar surface area (TPSA) is 33.1 Å². The lowest BCUT2D eigenvalue weighted by Crippen LogP contribution is -2.11. The number of rotatable bonds is 4. The van der Waals surface area contributed by atoms with E-state index in [1.165, 1.54) is 0 Å². The lowest BCUT2D eigenvalue weighted by atomic mass is 9.92. The van der Waals surface area contributed by atoms with E-state index in [0.29, 0.717) is 5.92 Å². The number of para-hydroxylation sites is 1. The fraction of sp³-hybridized carbons (Fsp3) is 0.400. The highest BCUT2D eigenvalue weighted by atomic mass is 16.3. The summed E-state index contributed by atoms with van der Waals surface area (Å²) in [6.45, 7) is 4.23. The Bertz CT molecular complexity index is 491. The number of hydrogen-bond acceptors (Lipinski definition) is 2. The quantitative estimate of drug-likeness (QED) is 0.867. The lowest BCUT2D eigenvalue weighted by molar-refractivity contribution is 0.103. The third-order valence-electron chi connectivity index (χ3n) is 3.45. The second kappa shape index (κ2) is 5.28. The van der Waals surface area contributed by atoms with Gasteiger partial charge in [-0.3, -0.25) is 4.98 Å². The molecule has 1 N–H and O–H groups in total. The molecule has 0 aliphatic carbocycles. The molecular formula is C15H19NO. The highest BCUT2D eigenvalue weighted by Crippen LogP contribution is 2.28. The summed E-state index contributed by atoms with van der Waals surface area (Å²) in [5, 5.41) is 11.4. The minimum Gasteiger partial charge on any atom is -0.388 e. The van der Waals surface area contributed by atoms with E-state index in [4.69, 9.17) is 0 Å². The monoisotopic (exact) mass is 229 g/mol. The van der Waals surface area contributed by atoms with E-state index in [2.05, 4.69) is 18.8 Å². The molecule has 2 rings (SSSR count). The van der Waals surface area contributed by atoms with E-state index in [-0.39, 0.29) is 0 Å². The van der Waals surface area contributed by atoms with Crippen LogP contribution in [0.25, 0.3) is 10.9 Å². The second-order valence-corrected chi connectivity index (χ2v) is 4.48. The summed E-state index contributed by atoms with van der Waals surface area (Å²) < 4.78 is 0. The molecule has 0 aliphatic heterocycles. The number of aliphatic hydroxyl groups excluding tert-OH is 1. The molecule has 0 amide bonds. The van der Waals surface area contributed by atoms with Gasteiger partial charge in [0.05, 0.1) is 11.6 Å². The molecular weight excluding hydrogens is 210 g/mol. The van der Waals surface area contributed by atoms with Crippen LogP contribution in [-0.2, 0) is 0 Å². The van der Waals surface area contributed by atoms with Crippen molar-refractivity contribution in [3.8, 4) is 0 Å². The van der Waals surface area contributed by atoms with Gasteiger partial charge in [0.15, 0.2) is 0 Å². The van der Waals surface area contributed by atoms with Crippen LogP contribution in [0.15, 0.2) is 36.5 Å². The summed E-state index contributed by atoms with van der Waals surface area (Å²) >= 11 is 0. The van der Waals surface area contributed by atoms with Gasteiger partial charge in [-0.25, -0.2) is 0 Å². The van der Waals surface area contributed by atoms with Gasteiger partial charge < -0.3 is 5.11 Å². The number of aromatic nitrogens is 1. The Labute approximate surface area is 102 Å². The van der Waals surface area contributed by atoms with Gasteiger partial charge in [0.2, 0.25) is 0 Å². The molecule has 0 radical (unpaired) electrons. The molecule has 0 saturated heterocycles. The molecule has 1 atom stereocenters. The molecule has 0 bridgehead atoms. The van der Waals surface area contributed by atoms with Gasteiger partial charge in [-0.15, -0.1) is 0 Å². The van der Waals surface area contributed by atoms with Crippen LogP contribution in [-0.4, -0.2) is 10.1 Å². The fourth-order valence-electron chi connectivity index (χ4n) is 2.26. The number of fused-ring (bicyclic) bond motifs is 1. The standard InChI is InChI=1S/C15H19NO/c1-3-11(4-2)15(17)13-9-12-7-5-6-8-14(12)16-10-13/h5-11,15,17H,3-4H2,1-2H3. The summed E-state index contributed by atoms with van der Waals surface area (Å²) in [6.07, 6.45) is 3.38. The van der Waals surface area contributed by atoms with Crippen LogP contribution >= 0.6 is 0 Å². The maximum Gasteiger partial charge on any atom is 0.0833 e. The van der Waals surface area contributed by atoms with Crippen molar-refractivity contribution in [2.45, 2.75) is 32.8 Å². The molecule has 0 aliphatic rings. The van der Waals surface area contributed by atoms with Crippen LogP contribution in [0.5, 0.6) is 0 Å². The molecule has 1 heterocycles. The maximum absolute atomic E-state index is 10.3. The van der Waals surface area contributed by atoms with E-state index in [0.717, 1.165) is 29.3 Å². The Balaban J connectivity index is 2.35. The Kier molecular flexibility index (Phi) is 3.75. The maximum atomic E-state index is 10.3. The van der Waals surface area contributed by atoms with Gasteiger partial charge in [0, 0.05) is 11.6 Å². The molecule has 0 fully saturated rings. The lowest BCUT2D eigenvalue weighted by Gasteiger charge is -2.20. The van der Waals surface area contributed by atoms with Crippen LogP contribution in [0, 0.1) is 5.92 Å². The van der Waals surface area contributed by atoms with Crippen molar-refractivity contribution in [3.05, 3.63) is 42.1 Å². The van der Waals surface area contributed by atoms with Crippen molar-refractivity contribution in [1.29, 1.82) is 0 Å². The predicted octanol–water partition coefficient (Wildman–Crippen LogP) is 3.70. The molecule has 1 aromatic carbocycles. The van der Waals surface area contributed by atoms with Crippen LogP contribution < -0.4 is 0 Å². The Morgan fingerprint density at radius 1 is 1.18 bits per heavy atom. The molecule has 1 unspecified atom stereocenters. The summed E-state index contributed by atoms with van der Waals surface area (Å²) in [4.78, 5) is 4.39. The van der Waals surface area contributed by atoms with Crippen molar-refractivity contribution < 1.29 is 5.11 Å². The minimum atomic E-state index is -0.401. The largest absolute Gasteiger partial charge is 0.388 e. The average Bonchev–Trinajstić information content (AvgIpc) is 2.39. The van der Waals surface area contributed by atoms with Crippen molar-refractivity contribution in [1.82, 2.24) is 4.98 Å². The zero-order chi connectivity index (χ0) is 12.3. The molecule has 2 heteroatoms. The first-order valence-electron chi connectivity index (χ1n) is 6.29. The van der Waals surface area contributed by atoms with E-state index in [9.17, 15) is 5.11 Å². The van der Waals surface area contributed by atoms with Crippen molar-refractivity contribution in [2.75, 3.05) is 0 Å². The number of pyridine rings is 1. The van der Waals surface area contributed by atoms with Crippen LogP contribution in [0.2, 0.25) is 0 Å². The first kappa shape index (κ1) is 12.1. The van der Waals surface area contributed by atoms with E-state index >= 15 is 0 Å². The van der Waals surface area contributed by atoms with Crippen LogP contribution in [0.1, 0.15) is 38.4 Å². The molecule has 1 aromatic heterocycles. The summed E-state index contributed by atoms with van der Waals surface area (Å²) in [6, 6.07) is 10.0. The Hall–Kier alpha value is -1.41. The Morgan fingerprint density at radius 3 is 2.59 bits per heavy atom. The van der Waals surface area contributed by atoms with Gasteiger partial charge in [-0.05, 0) is 23.6 Å².